The molecule has 0 bridgehead atoms. The van der Waals surface area contributed by atoms with Gasteiger partial charge in [-0.05, 0) is 23.6 Å². The average Bonchev–Trinajstić information content (AvgIpc) is 2.66. The highest BCUT2D eigenvalue weighted by molar-refractivity contribution is 5.93. The van der Waals surface area contributed by atoms with Crippen molar-refractivity contribution < 1.29 is 9.59 Å². The van der Waals surface area contributed by atoms with Gasteiger partial charge in [0.2, 0.25) is 5.91 Å². The summed E-state index contributed by atoms with van der Waals surface area (Å²) in [5.41, 5.74) is 3.20. The highest BCUT2D eigenvalue weighted by Crippen LogP contribution is 2.31. The van der Waals surface area contributed by atoms with Crippen LogP contribution in [0.25, 0.3) is 0 Å². The van der Waals surface area contributed by atoms with Crippen LogP contribution in [0.1, 0.15) is 23.6 Å². The lowest BCUT2D eigenvalue weighted by atomic mass is 9.97. The Kier molecular flexibility index (Phi) is 2.69. The minimum Gasteiger partial charge on any atom is -0.326 e. The summed E-state index contributed by atoms with van der Waals surface area (Å²) in [6.45, 7) is 0.709. The fourth-order valence-corrected chi connectivity index (χ4v) is 2.80. The molecule has 1 fully saturated rings. The molecule has 0 aliphatic carbocycles. The minimum absolute atomic E-state index is 0.0519. The summed E-state index contributed by atoms with van der Waals surface area (Å²) in [5.74, 6) is 0.0770. The second-order valence-corrected chi connectivity index (χ2v) is 5.25. The molecule has 100 valence electrons. The van der Waals surface area contributed by atoms with Crippen molar-refractivity contribution in [1.82, 2.24) is 9.80 Å². The van der Waals surface area contributed by atoms with E-state index in [2.05, 4.69) is 11.4 Å². The van der Waals surface area contributed by atoms with E-state index in [1.807, 2.05) is 26.2 Å². The maximum absolute atomic E-state index is 11.8. The third-order valence-electron chi connectivity index (χ3n) is 3.95. The van der Waals surface area contributed by atoms with Crippen LogP contribution in [0.4, 0.5) is 10.5 Å². The number of rotatable bonds is 1. The first kappa shape index (κ1) is 12.0. The lowest BCUT2D eigenvalue weighted by Gasteiger charge is -2.22. The van der Waals surface area contributed by atoms with Crippen molar-refractivity contribution in [2.75, 3.05) is 26.0 Å². The molecule has 1 N–H and O–H groups in total. The summed E-state index contributed by atoms with van der Waals surface area (Å²) in [6, 6.07) is 6.20. The van der Waals surface area contributed by atoms with Crippen LogP contribution in [0.5, 0.6) is 0 Å². The quantitative estimate of drug-likeness (QED) is 0.833. The fourth-order valence-electron chi connectivity index (χ4n) is 2.80. The number of carbonyl (C=O) groups is 2. The van der Waals surface area contributed by atoms with E-state index in [0.29, 0.717) is 13.0 Å². The van der Waals surface area contributed by atoms with Gasteiger partial charge in [0.1, 0.15) is 0 Å². The highest BCUT2D eigenvalue weighted by atomic mass is 16.2. The number of amides is 3. The molecular weight excluding hydrogens is 242 g/mol. The van der Waals surface area contributed by atoms with E-state index in [-0.39, 0.29) is 18.0 Å². The average molecular weight is 259 g/mol. The fraction of sp³-hybridized carbons (Fsp3) is 0.429. The van der Waals surface area contributed by atoms with Crippen LogP contribution >= 0.6 is 0 Å². The first-order valence-electron chi connectivity index (χ1n) is 6.47. The van der Waals surface area contributed by atoms with Gasteiger partial charge in [-0.15, -0.1) is 0 Å². The number of carbonyl (C=O) groups excluding carboxylic acids is 2. The summed E-state index contributed by atoms with van der Waals surface area (Å²) in [7, 11) is 3.65. The van der Waals surface area contributed by atoms with Gasteiger partial charge in [0.25, 0.3) is 0 Å². The zero-order valence-electron chi connectivity index (χ0n) is 11.1. The molecule has 5 nitrogen and oxygen atoms in total. The zero-order chi connectivity index (χ0) is 13.6. The number of aryl methyl sites for hydroxylation is 1. The Morgan fingerprint density at radius 2 is 2.00 bits per heavy atom. The Bertz CT molecular complexity index is 556. The number of nitrogens with zero attached hydrogens (tertiary/aromatic N) is 2. The predicted octanol–water partition coefficient (Wildman–Crippen LogP) is 1.61. The first-order chi connectivity index (χ1) is 9.06. The van der Waals surface area contributed by atoms with Gasteiger partial charge in [0, 0.05) is 32.7 Å². The van der Waals surface area contributed by atoms with Crippen molar-refractivity contribution in [3.05, 3.63) is 29.3 Å². The molecule has 2 heterocycles. The van der Waals surface area contributed by atoms with Crippen LogP contribution in [0.15, 0.2) is 18.2 Å². The van der Waals surface area contributed by atoms with Crippen molar-refractivity contribution in [2.45, 2.75) is 18.9 Å². The van der Waals surface area contributed by atoms with Crippen molar-refractivity contribution in [1.29, 1.82) is 0 Å². The zero-order valence-corrected chi connectivity index (χ0v) is 11.1. The van der Waals surface area contributed by atoms with Gasteiger partial charge in [-0.25, -0.2) is 4.79 Å². The predicted molar refractivity (Wildman–Crippen MR) is 71.9 cm³/mol. The Balaban J connectivity index is 1.91. The lowest BCUT2D eigenvalue weighted by Crippen LogP contribution is -2.26. The maximum atomic E-state index is 11.8. The molecule has 1 unspecified atom stereocenters. The number of nitrogens with one attached hydrogen (secondary N) is 1. The monoisotopic (exact) mass is 259 g/mol. The first-order valence-corrected chi connectivity index (χ1v) is 6.47. The van der Waals surface area contributed by atoms with Gasteiger partial charge in [-0.2, -0.15) is 0 Å². The molecule has 1 aromatic carbocycles. The summed E-state index contributed by atoms with van der Waals surface area (Å²) >= 11 is 0. The van der Waals surface area contributed by atoms with Gasteiger partial charge >= 0.3 is 6.03 Å². The van der Waals surface area contributed by atoms with Crippen molar-refractivity contribution in [2.24, 2.45) is 0 Å². The molecular formula is C14H17N3O2. The van der Waals surface area contributed by atoms with Crippen molar-refractivity contribution in [3.63, 3.8) is 0 Å². The largest absolute Gasteiger partial charge is 0.326 e. The molecule has 5 heteroatoms. The second-order valence-electron chi connectivity index (χ2n) is 5.25. The number of fused-ring (bicyclic) bond motifs is 1. The van der Waals surface area contributed by atoms with Crippen LogP contribution in [0.2, 0.25) is 0 Å². The summed E-state index contributed by atoms with van der Waals surface area (Å²) < 4.78 is 0. The Labute approximate surface area is 112 Å². The number of urea groups is 1. The highest BCUT2D eigenvalue weighted by Gasteiger charge is 2.33. The van der Waals surface area contributed by atoms with Crippen molar-refractivity contribution in [3.8, 4) is 0 Å². The number of benzene rings is 1. The van der Waals surface area contributed by atoms with Crippen LogP contribution in [0.3, 0.4) is 0 Å². The Morgan fingerprint density at radius 3 is 2.68 bits per heavy atom. The molecule has 0 saturated carbocycles. The van der Waals surface area contributed by atoms with Gasteiger partial charge in [-0.3, -0.25) is 4.79 Å². The molecule has 3 rings (SSSR count). The van der Waals surface area contributed by atoms with Gasteiger partial charge in [-0.1, -0.05) is 12.1 Å². The van der Waals surface area contributed by atoms with Crippen LogP contribution in [-0.2, 0) is 11.2 Å². The van der Waals surface area contributed by atoms with Gasteiger partial charge in [0.15, 0.2) is 0 Å². The van der Waals surface area contributed by atoms with E-state index in [9.17, 15) is 9.59 Å². The molecule has 19 heavy (non-hydrogen) atoms. The van der Waals surface area contributed by atoms with Crippen LogP contribution < -0.4 is 5.32 Å². The molecule has 1 atom stereocenters. The van der Waals surface area contributed by atoms with Crippen LogP contribution in [-0.4, -0.2) is 42.4 Å². The Hall–Kier alpha value is -2.04. The maximum Gasteiger partial charge on any atom is 0.320 e. The molecule has 0 spiro atoms. The number of hydrogen-bond acceptors (Lipinski definition) is 2. The number of likely N-dealkylation sites (N-methyl/N-ethyl adjacent to an activating group) is 2. The van der Waals surface area contributed by atoms with E-state index in [4.69, 9.17) is 0 Å². The summed E-state index contributed by atoms with van der Waals surface area (Å²) in [5, 5.41) is 2.88. The number of hydrogen-bond donors (Lipinski definition) is 1. The lowest BCUT2D eigenvalue weighted by molar-refractivity contribution is -0.116. The van der Waals surface area contributed by atoms with E-state index in [0.717, 1.165) is 23.2 Å². The molecule has 2 aliphatic rings. The smallest absolute Gasteiger partial charge is 0.320 e. The third-order valence-corrected chi connectivity index (χ3v) is 3.95. The van der Waals surface area contributed by atoms with Crippen molar-refractivity contribution >= 4 is 17.6 Å². The molecule has 0 radical (unpaired) electrons. The summed E-state index contributed by atoms with van der Waals surface area (Å²) in [4.78, 5) is 26.6. The van der Waals surface area contributed by atoms with E-state index >= 15 is 0 Å². The van der Waals surface area contributed by atoms with Gasteiger partial charge < -0.3 is 15.1 Å². The van der Waals surface area contributed by atoms with E-state index in [1.165, 1.54) is 0 Å². The topological polar surface area (TPSA) is 52.7 Å². The second kappa shape index (κ2) is 4.26. The van der Waals surface area contributed by atoms with E-state index in [1.54, 1.807) is 9.80 Å². The van der Waals surface area contributed by atoms with Crippen LogP contribution in [0, 0.1) is 0 Å². The standard InChI is InChI=1S/C14H17N3O2/c1-16-8-12(17(2)14(16)19)10-3-5-11-9(7-10)4-6-13(18)15-11/h3,5,7,12H,4,6,8H2,1-2H3,(H,15,18). The van der Waals surface area contributed by atoms with E-state index < -0.39 is 0 Å². The molecule has 0 aromatic heterocycles. The molecule has 1 aromatic rings. The Morgan fingerprint density at radius 1 is 1.21 bits per heavy atom. The molecule has 1 saturated heterocycles. The number of anilines is 1. The van der Waals surface area contributed by atoms with Gasteiger partial charge in [0.05, 0.1) is 6.04 Å². The normalized spacial score (nSPS) is 22.5. The molecule has 2 aliphatic heterocycles. The molecule has 3 amide bonds. The third kappa shape index (κ3) is 1.95. The summed E-state index contributed by atoms with van der Waals surface area (Å²) in [6.07, 6.45) is 1.31. The minimum atomic E-state index is 0.0519. The SMILES string of the molecule is CN1CC(c2ccc3c(c2)CCC(=O)N3)N(C)C1=O.